The van der Waals surface area contributed by atoms with Crippen molar-refractivity contribution in [1.29, 1.82) is 0 Å². The number of benzene rings is 1. The van der Waals surface area contributed by atoms with Crippen LogP contribution >= 0.6 is 0 Å². The standard InChI is InChI=1S/C19H18O6/c1-4-23-18(21)14-9-16-15(7-10(14)2)13-6-5-12(24-11(3)20)8-17(13)25-19(16)22/h5-8,14H,4,9H2,1-3H3. The lowest BCUT2D eigenvalue weighted by molar-refractivity contribution is -0.146. The van der Waals surface area contributed by atoms with Gasteiger partial charge in [0, 0.05) is 23.9 Å². The summed E-state index contributed by atoms with van der Waals surface area (Å²) in [6, 6.07) is 4.90. The molecule has 0 saturated heterocycles. The van der Waals surface area contributed by atoms with Crippen LogP contribution in [0, 0.1) is 5.92 Å². The molecule has 1 heterocycles. The molecule has 1 aromatic carbocycles. The van der Waals surface area contributed by atoms with Crippen LogP contribution in [0.25, 0.3) is 17.0 Å². The highest BCUT2D eigenvalue weighted by atomic mass is 16.5. The zero-order chi connectivity index (χ0) is 18.1. The average molecular weight is 342 g/mol. The lowest BCUT2D eigenvalue weighted by Crippen LogP contribution is -2.27. The van der Waals surface area contributed by atoms with Gasteiger partial charge in [-0.25, -0.2) is 4.79 Å². The van der Waals surface area contributed by atoms with Crippen molar-refractivity contribution in [3.63, 3.8) is 0 Å². The second-order valence-electron chi connectivity index (χ2n) is 5.93. The van der Waals surface area contributed by atoms with E-state index >= 15 is 0 Å². The fraction of sp³-hybridized carbons (Fsp3) is 0.316. The van der Waals surface area contributed by atoms with E-state index in [1.54, 1.807) is 19.1 Å². The molecule has 2 aromatic rings. The molecule has 0 aliphatic heterocycles. The molecule has 1 aliphatic rings. The summed E-state index contributed by atoms with van der Waals surface area (Å²) in [6.07, 6.45) is 2.08. The summed E-state index contributed by atoms with van der Waals surface area (Å²) in [5.41, 5.74) is 1.86. The Labute approximate surface area is 144 Å². The van der Waals surface area contributed by atoms with E-state index in [1.807, 2.05) is 13.0 Å². The normalized spacial score (nSPS) is 16.1. The van der Waals surface area contributed by atoms with E-state index in [0.29, 0.717) is 23.5 Å². The zero-order valence-electron chi connectivity index (χ0n) is 14.3. The summed E-state index contributed by atoms with van der Waals surface area (Å²) in [4.78, 5) is 35.6. The van der Waals surface area contributed by atoms with Gasteiger partial charge in [-0.2, -0.15) is 0 Å². The first-order valence-corrected chi connectivity index (χ1v) is 8.03. The third-order valence-electron chi connectivity index (χ3n) is 4.18. The summed E-state index contributed by atoms with van der Waals surface area (Å²) >= 11 is 0. The molecule has 1 unspecified atom stereocenters. The van der Waals surface area contributed by atoms with Crippen LogP contribution in [-0.4, -0.2) is 18.5 Å². The predicted octanol–water partition coefficient (Wildman–Crippen LogP) is 2.86. The Morgan fingerprint density at radius 1 is 1.32 bits per heavy atom. The maximum Gasteiger partial charge on any atom is 0.340 e. The summed E-state index contributed by atoms with van der Waals surface area (Å²) in [6.45, 7) is 5.18. The lowest BCUT2D eigenvalue weighted by atomic mass is 9.84. The number of rotatable bonds is 3. The van der Waals surface area contributed by atoms with Crippen LogP contribution in [0.1, 0.15) is 31.9 Å². The number of esters is 2. The average Bonchev–Trinajstić information content (AvgIpc) is 2.53. The van der Waals surface area contributed by atoms with E-state index in [-0.39, 0.29) is 12.4 Å². The quantitative estimate of drug-likeness (QED) is 0.484. The van der Waals surface area contributed by atoms with Crippen molar-refractivity contribution in [2.45, 2.75) is 27.2 Å². The fourth-order valence-electron chi connectivity index (χ4n) is 3.04. The molecule has 0 radical (unpaired) electrons. The van der Waals surface area contributed by atoms with Crippen molar-refractivity contribution in [1.82, 2.24) is 0 Å². The van der Waals surface area contributed by atoms with E-state index in [0.717, 1.165) is 16.5 Å². The van der Waals surface area contributed by atoms with E-state index in [9.17, 15) is 14.4 Å². The minimum absolute atomic E-state index is 0.250. The highest BCUT2D eigenvalue weighted by Crippen LogP contribution is 2.33. The van der Waals surface area contributed by atoms with Gasteiger partial charge in [0.1, 0.15) is 11.3 Å². The second kappa shape index (κ2) is 6.55. The minimum Gasteiger partial charge on any atom is -0.466 e. The molecule has 130 valence electrons. The molecule has 0 saturated carbocycles. The van der Waals surface area contributed by atoms with Crippen molar-refractivity contribution < 1.29 is 23.5 Å². The molecule has 6 heteroatoms. The molecular weight excluding hydrogens is 324 g/mol. The lowest BCUT2D eigenvalue weighted by Gasteiger charge is -2.22. The number of carbonyl (C=O) groups is 2. The van der Waals surface area contributed by atoms with Crippen LogP contribution in [-0.2, 0) is 20.7 Å². The van der Waals surface area contributed by atoms with Gasteiger partial charge in [-0.15, -0.1) is 0 Å². The molecule has 0 amide bonds. The van der Waals surface area contributed by atoms with Gasteiger partial charge in [-0.3, -0.25) is 9.59 Å². The van der Waals surface area contributed by atoms with Crippen molar-refractivity contribution in [3.8, 4) is 5.75 Å². The first kappa shape index (κ1) is 17.0. The Kier molecular flexibility index (Phi) is 4.44. The summed E-state index contributed by atoms with van der Waals surface area (Å²) < 4.78 is 15.5. The van der Waals surface area contributed by atoms with Crippen LogP contribution in [0.5, 0.6) is 5.75 Å². The molecular formula is C19H18O6. The topological polar surface area (TPSA) is 82.8 Å². The molecule has 1 aliphatic carbocycles. The summed E-state index contributed by atoms with van der Waals surface area (Å²) in [5, 5.41) is 0.729. The van der Waals surface area contributed by atoms with Gasteiger partial charge in [0.25, 0.3) is 0 Å². The second-order valence-corrected chi connectivity index (χ2v) is 5.93. The van der Waals surface area contributed by atoms with Crippen molar-refractivity contribution in [2.75, 3.05) is 6.61 Å². The minimum atomic E-state index is -0.500. The van der Waals surface area contributed by atoms with Crippen molar-refractivity contribution >= 4 is 29.0 Å². The Bertz CT molecular complexity index is 950. The van der Waals surface area contributed by atoms with E-state index < -0.39 is 17.5 Å². The van der Waals surface area contributed by atoms with Gasteiger partial charge in [-0.05, 0) is 38.0 Å². The Balaban J connectivity index is 2.11. The van der Waals surface area contributed by atoms with Crippen LogP contribution in [0.4, 0.5) is 0 Å². The largest absolute Gasteiger partial charge is 0.466 e. The van der Waals surface area contributed by atoms with Crippen LogP contribution in [0.3, 0.4) is 0 Å². The third-order valence-corrected chi connectivity index (χ3v) is 4.18. The SMILES string of the molecule is CCOC(=O)C1Cc2c(c3ccc(OC(C)=O)cc3oc2=O)C=C1C. The monoisotopic (exact) mass is 342 g/mol. The zero-order valence-corrected chi connectivity index (χ0v) is 14.3. The van der Waals surface area contributed by atoms with Gasteiger partial charge in [0.05, 0.1) is 12.5 Å². The predicted molar refractivity (Wildman–Crippen MR) is 91.3 cm³/mol. The Morgan fingerprint density at radius 3 is 2.76 bits per heavy atom. The smallest absolute Gasteiger partial charge is 0.340 e. The number of fused-ring (bicyclic) bond motifs is 3. The maximum absolute atomic E-state index is 12.4. The van der Waals surface area contributed by atoms with E-state index in [2.05, 4.69) is 0 Å². The first-order chi connectivity index (χ1) is 11.9. The van der Waals surface area contributed by atoms with E-state index in [1.165, 1.54) is 13.0 Å². The molecule has 6 nitrogen and oxygen atoms in total. The summed E-state index contributed by atoms with van der Waals surface area (Å²) in [5.74, 6) is -0.962. The van der Waals surface area contributed by atoms with Crippen LogP contribution in [0.2, 0.25) is 0 Å². The molecule has 0 fully saturated rings. The van der Waals surface area contributed by atoms with Gasteiger partial charge < -0.3 is 13.9 Å². The van der Waals surface area contributed by atoms with Gasteiger partial charge >= 0.3 is 17.6 Å². The molecule has 1 atom stereocenters. The molecule has 3 rings (SSSR count). The van der Waals surface area contributed by atoms with E-state index in [4.69, 9.17) is 13.9 Å². The number of hydrogen-bond acceptors (Lipinski definition) is 6. The number of hydrogen-bond donors (Lipinski definition) is 0. The molecule has 1 aromatic heterocycles. The maximum atomic E-state index is 12.4. The summed E-state index contributed by atoms with van der Waals surface area (Å²) in [7, 11) is 0. The van der Waals surface area contributed by atoms with Crippen LogP contribution < -0.4 is 10.4 Å². The molecule has 0 spiro atoms. The highest BCUT2D eigenvalue weighted by molar-refractivity contribution is 5.91. The number of carbonyl (C=O) groups excluding carboxylic acids is 2. The van der Waals surface area contributed by atoms with Gasteiger partial charge in [0.2, 0.25) is 0 Å². The molecule has 0 N–H and O–H groups in total. The van der Waals surface area contributed by atoms with Gasteiger partial charge in [-0.1, -0.05) is 11.6 Å². The highest BCUT2D eigenvalue weighted by Gasteiger charge is 2.29. The van der Waals surface area contributed by atoms with Crippen LogP contribution in [0.15, 0.2) is 33.0 Å². The first-order valence-electron chi connectivity index (χ1n) is 8.03. The van der Waals surface area contributed by atoms with Crippen molar-refractivity contribution in [2.24, 2.45) is 5.92 Å². The Hall–Kier alpha value is -2.89. The van der Waals surface area contributed by atoms with Crippen molar-refractivity contribution in [3.05, 3.63) is 45.3 Å². The Morgan fingerprint density at radius 2 is 2.08 bits per heavy atom. The van der Waals surface area contributed by atoms with Gasteiger partial charge in [0.15, 0.2) is 0 Å². The molecule has 0 bridgehead atoms. The fourth-order valence-corrected chi connectivity index (χ4v) is 3.04. The molecule has 25 heavy (non-hydrogen) atoms. The third kappa shape index (κ3) is 3.20. The number of ether oxygens (including phenoxy) is 2.